The molecule has 5 heteroatoms. The minimum atomic E-state index is -0.211. The molecule has 3 fully saturated rings. The summed E-state index contributed by atoms with van der Waals surface area (Å²) >= 11 is 0. The molecule has 1 saturated carbocycles. The minimum Gasteiger partial charge on any atom is -0.345 e. The number of anilines is 1. The zero-order chi connectivity index (χ0) is 16.7. The standard InChI is InChI=1S/C19H25N3O2/c1-21-11-8-19(17(21)23)9-12-22(13-10-19)18(24)20-16-6-4-15(5-7-16)14-2-3-14/h4-7,14H,2-3,8-13H2,1H3,(H,20,24). The molecule has 1 spiro atoms. The van der Waals surface area contributed by atoms with Crippen molar-refractivity contribution in [2.24, 2.45) is 5.41 Å². The molecule has 0 bridgehead atoms. The first-order valence-corrected chi connectivity index (χ1v) is 8.99. The lowest BCUT2D eigenvalue weighted by molar-refractivity contribution is -0.136. The number of benzene rings is 1. The van der Waals surface area contributed by atoms with Crippen molar-refractivity contribution in [2.45, 2.75) is 38.0 Å². The van der Waals surface area contributed by atoms with Crippen molar-refractivity contribution in [3.05, 3.63) is 29.8 Å². The van der Waals surface area contributed by atoms with Crippen molar-refractivity contribution in [3.63, 3.8) is 0 Å². The van der Waals surface area contributed by atoms with Gasteiger partial charge in [-0.15, -0.1) is 0 Å². The molecule has 1 N–H and O–H groups in total. The van der Waals surface area contributed by atoms with Gasteiger partial charge in [-0.25, -0.2) is 4.79 Å². The highest BCUT2D eigenvalue weighted by Gasteiger charge is 2.47. The van der Waals surface area contributed by atoms with E-state index < -0.39 is 0 Å². The first-order chi connectivity index (χ1) is 11.6. The zero-order valence-electron chi connectivity index (χ0n) is 14.3. The Kier molecular flexibility index (Phi) is 3.74. The van der Waals surface area contributed by atoms with Crippen LogP contribution < -0.4 is 5.32 Å². The number of amides is 3. The number of nitrogens with zero attached hydrogens (tertiary/aromatic N) is 2. The summed E-state index contributed by atoms with van der Waals surface area (Å²) in [5.74, 6) is 0.994. The fourth-order valence-corrected chi connectivity index (χ4v) is 4.05. The summed E-state index contributed by atoms with van der Waals surface area (Å²) in [4.78, 5) is 28.5. The fourth-order valence-electron chi connectivity index (χ4n) is 4.05. The molecule has 1 aliphatic carbocycles. The topological polar surface area (TPSA) is 52.6 Å². The molecule has 0 atom stereocenters. The van der Waals surface area contributed by atoms with E-state index in [2.05, 4.69) is 17.4 Å². The van der Waals surface area contributed by atoms with Gasteiger partial charge in [-0.05, 0) is 55.7 Å². The van der Waals surface area contributed by atoms with E-state index in [1.54, 1.807) is 0 Å². The van der Waals surface area contributed by atoms with Gasteiger partial charge in [-0.1, -0.05) is 12.1 Å². The van der Waals surface area contributed by atoms with E-state index in [4.69, 9.17) is 0 Å². The number of carbonyl (C=O) groups excluding carboxylic acids is 2. The summed E-state index contributed by atoms with van der Waals surface area (Å²) in [5.41, 5.74) is 2.01. The number of carbonyl (C=O) groups is 2. The van der Waals surface area contributed by atoms with Crippen LogP contribution in [0, 0.1) is 5.41 Å². The van der Waals surface area contributed by atoms with Gasteiger partial charge in [-0.2, -0.15) is 0 Å². The lowest BCUT2D eigenvalue weighted by Gasteiger charge is -2.37. The molecule has 5 nitrogen and oxygen atoms in total. The third-order valence-corrected chi connectivity index (χ3v) is 5.94. The van der Waals surface area contributed by atoms with E-state index in [-0.39, 0.29) is 17.4 Å². The molecular weight excluding hydrogens is 302 g/mol. The third kappa shape index (κ3) is 2.76. The number of hydrogen-bond donors (Lipinski definition) is 1. The van der Waals surface area contributed by atoms with Gasteiger partial charge in [0.15, 0.2) is 0 Å². The maximum atomic E-state index is 12.5. The number of nitrogens with one attached hydrogen (secondary N) is 1. The predicted molar refractivity (Wildman–Crippen MR) is 92.9 cm³/mol. The molecule has 4 rings (SSSR count). The molecule has 2 aliphatic heterocycles. The lowest BCUT2D eigenvalue weighted by Crippen LogP contribution is -2.47. The number of urea groups is 1. The van der Waals surface area contributed by atoms with E-state index in [0.717, 1.165) is 37.4 Å². The van der Waals surface area contributed by atoms with Crippen molar-refractivity contribution in [3.8, 4) is 0 Å². The van der Waals surface area contributed by atoms with Crippen LogP contribution in [0.25, 0.3) is 0 Å². The molecule has 24 heavy (non-hydrogen) atoms. The molecular formula is C19H25N3O2. The van der Waals surface area contributed by atoms with Crippen molar-refractivity contribution in [1.82, 2.24) is 9.80 Å². The van der Waals surface area contributed by atoms with Crippen LogP contribution in [-0.4, -0.2) is 48.4 Å². The van der Waals surface area contributed by atoms with Crippen LogP contribution in [0.1, 0.15) is 43.6 Å². The molecule has 2 saturated heterocycles. The average molecular weight is 327 g/mol. The second-order valence-electron chi connectivity index (χ2n) is 7.57. The van der Waals surface area contributed by atoms with Gasteiger partial charge >= 0.3 is 6.03 Å². The van der Waals surface area contributed by atoms with Crippen molar-refractivity contribution < 1.29 is 9.59 Å². The van der Waals surface area contributed by atoms with E-state index >= 15 is 0 Å². The summed E-state index contributed by atoms with van der Waals surface area (Å²) in [7, 11) is 1.88. The van der Waals surface area contributed by atoms with Gasteiger partial charge in [-0.3, -0.25) is 4.79 Å². The summed E-state index contributed by atoms with van der Waals surface area (Å²) in [6.45, 7) is 2.16. The maximum Gasteiger partial charge on any atom is 0.321 e. The number of likely N-dealkylation sites (tertiary alicyclic amines) is 2. The molecule has 1 aromatic rings. The SMILES string of the molecule is CN1CCC2(CCN(C(=O)Nc3ccc(C4CC4)cc3)CC2)C1=O. The molecule has 2 heterocycles. The van der Waals surface area contributed by atoms with Crippen LogP contribution in [0.4, 0.5) is 10.5 Å². The number of hydrogen-bond acceptors (Lipinski definition) is 2. The Bertz CT molecular complexity index is 643. The van der Waals surface area contributed by atoms with Gasteiger partial charge < -0.3 is 15.1 Å². The Labute approximate surface area is 143 Å². The van der Waals surface area contributed by atoms with E-state index in [1.165, 1.54) is 18.4 Å². The molecule has 3 aliphatic rings. The van der Waals surface area contributed by atoms with Gasteiger partial charge in [0, 0.05) is 32.4 Å². The van der Waals surface area contributed by atoms with Gasteiger partial charge in [0.05, 0.1) is 5.41 Å². The Morgan fingerprint density at radius 2 is 1.71 bits per heavy atom. The van der Waals surface area contributed by atoms with Gasteiger partial charge in [0.2, 0.25) is 5.91 Å². The maximum absolute atomic E-state index is 12.5. The highest BCUT2D eigenvalue weighted by molar-refractivity contribution is 5.90. The molecule has 0 unspecified atom stereocenters. The smallest absolute Gasteiger partial charge is 0.321 e. The predicted octanol–water partition coefficient (Wildman–Crippen LogP) is 3.04. The third-order valence-electron chi connectivity index (χ3n) is 5.94. The summed E-state index contributed by atoms with van der Waals surface area (Å²) in [6, 6.07) is 8.17. The Morgan fingerprint density at radius 1 is 1.08 bits per heavy atom. The molecule has 3 amide bonds. The van der Waals surface area contributed by atoms with E-state index in [9.17, 15) is 9.59 Å². The first kappa shape index (κ1) is 15.5. The lowest BCUT2D eigenvalue weighted by atomic mass is 9.77. The van der Waals surface area contributed by atoms with Crippen molar-refractivity contribution >= 4 is 17.6 Å². The quantitative estimate of drug-likeness (QED) is 0.908. The first-order valence-electron chi connectivity index (χ1n) is 8.99. The summed E-state index contributed by atoms with van der Waals surface area (Å²) in [5, 5.41) is 2.99. The van der Waals surface area contributed by atoms with Gasteiger partial charge in [0.1, 0.15) is 0 Å². The van der Waals surface area contributed by atoms with Crippen molar-refractivity contribution in [1.29, 1.82) is 0 Å². The fraction of sp³-hybridized carbons (Fsp3) is 0.579. The van der Waals surface area contributed by atoms with Crippen LogP contribution >= 0.6 is 0 Å². The zero-order valence-corrected chi connectivity index (χ0v) is 14.3. The second-order valence-corrected chi connectivity index (χ2v) is 7.57. The highest BCUT2D eigenvalue weighted by Crippen LogP contribution is 2.41. The number of piperidine rings is 1. The van der Waals surface area contributed by atoms with Crippen LogP contribution in [0.2, 0.25) is 0 Å². The van der Waals surface area contributed by atoms with Crippen molar-refractivity contribution in [2.75, 3.05) is 32.0 Å². The normalized spacial score (nSPS) is 23.0. The second kappa shape index (κ2) is 5.80. The van der Waals surface area contributed by atoms with Crippen LogP contribution in [-0.2, 0) is 4.79 Å². The summed E-state index contributed by atoms with van der Waals surface area (Å²) < 4.78 is 0. The Morgan fingerprint density at radius 3 is 2.25 bits per heavy atom. The Balaban J connectivity index is 1.33. The largest absolute Gasteiger partial charge is 0.345 e. The summed E-state index contributed by atoms with van der Waals surface area (Å²) in [6.07, 6.45) is 5.07. The highest BCUT2D eigenvalue weighted by atomic mass is 16.2. The van der Waals surface area contributed by atoms with Crippen LogP contribution in [0.15, 0.2) is 24.3 Å². The van der Waals surface area contributed by atoms with Crippen LogP contribution in [0.3, 0.4) is 0 Å². The van der Waals surface area contributed by atoms with Crippen LogP contribution in [0.5, 0.6) is 0 Å². The monoisotopic (exact) mass is 327 g/mol. The Hall–Kier alpha value is -2.04. The minimum absolute atomic E-state index is 0.0529. The number of rotatable bonds is 2. The molecule has 128 valence electrons. The van der Waals surface area contributed by atoms with E-state index in [1.807, 2.05) is 29.0 Å². The molecule has 1 aromatic carbocycles. The molecule has 0 aromatic heterocycles. The molecule has 0 radical (unpaired) electrons. The average Bonchev–Trinajstić information content (AvgIpc) is 3.41. The van der Waals surface area contributed by atoms with Gasteiger partial charge in [0.25, 0.3) is 0 Å². The van der Waals surface area contributed by atoms with E-state index in [0.29, 0.717) is 13.1 Å².